The van der Waals surface area contributed by atoms with Crippen molar-refractivity contribution in [2.45, 2.75) is 58.3 Å². The molecule has 1 rings (SSSR count). The summed E-state index contributed by atoms with van der Waals surface area (Å²) in [5, 5.41) is 11.6. The molecule has 0 aliphatic heterocycles. The average Bonchev–Trinajstić information content (AvgIpc) is 2.36. The molecule has 1 amide bonds. The van der Waals surface area contributed by atoms with Crippen LogP contribution in [-0.2, 0) is 4.79 Å². The summed E-state index contributed by atoms with van der Waals surface area (Å²) >= 11 is 0. The van der Waals surface area contributed by atoms with Gasteiger partial charge >= 0.3 is 0 Å². The van der Waals surface area contributed by atoms with E-state index in [1.807, 2.05) is 0 Å². The normalized spacial score (nSPS) is 18.9. The van der Waals surface area contributed by atoms with E-state index < -0.39 is 0 Å². The number of carbonyl (C=O) groups is 1. The van der Waals surface area contributed by atoms with E-state index >= 15 is 0 Å². The molecule has 3 nitrogen and oxygen atoms in total. The molecule has 1 saturated carbocycles. The van der Waals surface area contributed by atoms with Crippen molar-refractivity contribution < 1.29 is 9.90 Å². The van der Waals surface area contributed by atoms with Gasteiger partial charge in [-0.1, -0.05) is 39.0 Å². The van der Waals surface area contributed by atoms with Crippen LogP contribution in [0.25, 0.3) is 0 Å². The molecule has 0 bridgehead atoms. The minimum Gasteiger partial charge on any atom is -0.396 e. The third-order valence-corrected chi connectivity index (χ3v) is 3.87. The zero-order valence-electron chi connectivity index (χ0n) is 11.1. The summed E-state index contributed by atoms with van der Waals surface area (Å²) in [5.74, 6) is 1.46. The minimum absolute atomic E-state index is 0.181. The van der Waals surface area contributed by atoms with E-state index in [-0.39, 0.29) is 12.5 Å². The highest BCUT2D eigenvalue weighted by atomic mass is 16.2. The molecule has 0 heterocycles. The fourth-order valence-corrected chi connectivity index (χ4v) is 2.70. The van der Waals surface area contributed by atoms with Crippen LogP contribution in [-0.4, -0.2) is 24.2 Å². The Bertz CT molecular complexity index is 212. The zero-order valence-corrected chi connectivity index (χ0v) is 11.1. The molecule has 100 valence electrons. The quantitative estimate of drug-likeness (QED) is 0.673. The van der Waals surface area contributed by atoms with Crippen LogP contribution in [0, 0.1) is 11.8 Å². The van der Waals surface area contributed by atoms with Crippen LogP contribution in [0.2, 0.25) is 0 Å². The van der Waals surface area contributed by atoms with Gasteiger partial charge in [0, 0.05) is 19.6 Å². The number of carbonyl (C=O) groups excluding carboxylic acids is 1. The van der Waals surface area contributed by atoms with Gasteiger partial charge in [0.05, 0.1) is 0 Å². The molecule has 0 spiro atoms. The number of rotatable bonds is 7. The molecule has 0 aromatic rings. The SMILES string of the molecule is C[C@H](CC(=O)NCCCCO)C1CCCCC1. The third-order valence-electron chi connectivity index (χ3n) is 3.87. The van der Waals surface area contributed by atoms with Crippen LogP contribution in [0.4, 0.5) is 0 Å². The lowest BCUT2D eigenvalue weighted by Crippen LogP contribution is -2.28. The van der Waals surface area contributed by atoms with E-state index in [0.717, 1.165) is 18.8 Å². The molecule has 0 unspecified atom stereocenters. The number of aliphatic hydroxyl groups is 1. The molecule has 2 N–H and O–H groups in total. The fraction of sp³-hybridized carbons (Fsp3) is 0.929. The topological polar surface area (TPSA) is 49.3 Å². The number of amides is 1. The molecule has 0 aromatic heterocycles. The minimum atomic E-state index is 0.181. The maximum atomic E-state index is 11.7. The van der Waals surface area contributed by atoms with E-state index in [4.69, 9.17) is 5.11 Å². The van der Waals surface area contributed by atoms with Crippen LogP contribution in [0.15, 0.2) is 0 Å². The largest absolute Gasteiger partial charge is 0.396 e. The van der Waals surface area contributed by atoms with Gasteiger partial charge in [-0.3, -0.25) is 4.79 Å². The highest BCUT2D eigenvalue weighted by molar-refractivity contribution is 5.76. The molecule has 3 heteroatoms. The zero-order chi connectivity index (χ0) is 12.5. The first-order valence-corrected chi connectivity index (χ1v) is 7.11. The smallest absolute Gasteiger partial charge is 0.220 e. The molecule has 1 atom stereocenters. The van der Waals surface area contributed by atoms with Crippen LogP contribution in [0.3, 0.4) is 0 Å². The van der Waals surface area contributed by atoms with Crippen LogP contribution in [0.5, 0.6) is 0 Å². The van der Waals surface area contributed by atoms with Gasteiger partial charge in [0.25, 0.3) is 0 Å². The summed E-state index contributed by atoms with van der Waals surface area (Å²) < 4.78 is 0. The third kappa shape index (κ3) is 6.06. The van der Waals surface area contributed by atoms with Crippen molar-refractivity contribution in [2.75, 3.05) is 13.2 Å². The lowest BCUT2D eigenvalue weighted by atomic mass is 9.79. The Morgan fingerprint density at radius 1 is 1.29 bits per heavy atom. The van der Waals surface area contributed by atoms with Crippen LogP contribution in [0.1, 0.15) is 58.3 Å². The van der Waals surface area contributed by atoms with Crippen LogP contribution < -0.4 is 5.32 Å². The van der Waals surface area contributed by atoms with Gasteiger partial charge in [-0.25, -0.2) is 0 Å². The number of unbranched alkanes of at least 4 members (excludes halogenated alkanes) is 1. The van der Waals surface area contributed by atoms with Gasteiger partial charge in [0.1, 0.15) is 0 Å². The fourth-order valence-electron chi connectivity index (χ4n) is 2.70. The lowest BCUT2D eigenvalue weighted by Gasteiger charge is -2.27. The van der Waals surface area contributed by atoms with Gasteiger partial charge in [-0.15, -0.1) is 0 Å². The van der Waals surface area contributed by atoms with Gasteiger partial charge in [-0.2, -0.15) is 0 Å². The first-order chi connectivity index (χ1) is 8.24. The highest BCUT2D eigenvalue weighted by Crippen LogP contribution is 2.31. The molecule has 0 saturated heterocycles. The van der Waals surface area contributed by atoms with E-state index in [2.05, 4.69) is 12.2 Å². The molecule has 0 radical (unpaired) electrons. The Labute approximate surface area is 105 Å². The molecule has 17 heavy (non-hydrogen) atoms. The predicted molar refractivity (Wildman–Crippen MR) is 69.7 cm³/mol. The molecule has 0 aromatic carbocycles. The maximum absolute atomic E-state index is 11.7. The maximum Gasteiger partial charge on any atom is 0.220 e. The Morgan fingerprint density at radius 2 is 2.00 bits per heavy atom. The van der Waals surface area contributed by atoms with Gasteiger partial charge in [0.15, 0.2) is 0 Å². The molecular formula is C14H27NO2. The van der Waals surface area contributed by atoms with E-state index in [1.54, 1.807) is 0 Å². The Hall–Kier alpha value is -0.570. The van der Waals surface area contributed by atoms with Crippen molar-refractivity contribution >= 4 is 5.91 Å². The highest BCUT2D eigenvalue weighted by Gasteiger charge is 2.21. The summed E-state index contributed by atoms with van der Waals surface area (Å²) in [6.45, 7) is 3.13. The molecule has 1 aliphatic carbocycles. The first-order valence-electron chi connectivity index (χ1n) is 7.11. The summed E-state index contributed by atoms with van der Waals surface area (Å²) in [7, 11) is 0. The van der Waals surface area contributed by atoms with Crippen molar-refractivity contribution in [2.24, 2.45) is 11.8 Å². The number of nitrogens with one attached hydrogen (secondary N) is 1. The second-order valence-electron chi connectivity index (χ2n) is 5.36. The van der Waals surface area contributed by atoms with Gasteiger partial charge in [0.2, 0.25) is 5.91 Å². The van der Waals surface area contributed by atoms with Crippen molar-refractivity contribution in [1.82, 2.24) is 5.32 Å². The standard InChI is InChI=1S/C14H27NO2/c1-12(13-7-3-2-4-8-13)11-14(17)15-9-5-6-10-16/h12-13,16H,2-11H2,1H3,(H,15,17)/t12-/m1/s1. The van der Waals surface area contributed by atoms with Crippen molar-refractivity contribution in [3.05, 3.63) is 0 Å². The Morgan fingerprint density at radius 3 is 2.65 bits per heavy atom. The van der Waals surface area contributed by atoms with Crippen molar-refractivity contribution in [3.8, 4) is 0 Å². The van der Waals surface area contributed by atoms with E-state index in [9.17, 15) is 4.79 Å². The monoisotopic (exact) mass is 241 g/mol. The van der Waals surface area contributed by atoms with Gasteiger partial charge in [-0.05, 0) is 24.7 Å². The second-order valence-corrected chi connectivity index (χ2v) is 5.36. The molecular weight excluding hydrogens is 214 g/mol. The van der Waals surface area contributed by atoms with Gasteiger partial charge < -0.3 is 10.4 Å². The second kappa shape index (κ2) is 8.51. The lowest BCUT2D eigenvalue weighted by molar-refractivity contribution is -0.122. The first kappa shape index (κ1) is 14.5. The van der Waals surface area contributed by atoms with Crippen molar-refractivity contribution in [1.29, 1.82) is 0 Å². The summed E-state index contributed by atoms with van der Waals surface area (Å²) in [6, 6.07) is 0. The summed E-state index contributed by atoms with van der Waals surface area (Å²) in [4.78, 5) is 11.7. The van der Waals surface area contributed by atoms with E-state index in [0.29, 0.717) is 18.9 Å². The number of hydrogen-bond donors (Lipinski definition) is 2. The number of hydrogen-bond acceptors (Lipinski definition) is 2. The average molecular weight is 241 g/mol. The predicted octanol–water partition coefficient (Wildman–Crippen LogP) is 2.48. The molecule has 1 aliphatic rings. The van der Waals surface area contributed by atoms with E-state index in [1.165, 1.54) is 32.1 Å². The Kier molecular flexibility index (Phi) is 7.25. The van der Waals surface area contributed by atoms with Crippen molar-refractivity contribution in [3.63, 3.8) is 0 Å². The number of aliphatic hydroxyl groups excluding tert-OH is 1. The Balaban J connectivity index is 2.11. The molecule has 1 fully saturated rings. The summed E-state index contributed by atoms with van der Waals surface area (Å²) in [5.41, 5.74) is 0. The summed E-state index contributed by atoms with van der Waals surface area (Å²) in [6.07, 6.45) is 8.98. The van der Waals surface area contributed by atoms with Crippen LogP contribution >= 0.6 is 0 Å².